The first kappa shape index (κ1) is 16.3. The number of carbonyl (C=O) groups is 2. The minimum absolute atomic E-state index is 0.281. The number of primary amides is 1. The van der Waals surface area contributed by atoms with Gasteiger partial charge >= 0.3 is 0 Å². The minimum Gasteiger partial charge on any atom is -0.364 e. The lowest BCUT2D eigenvalue weighted by atomic mass is 9.88. The molecular formula is C18H14ClN5O2. The molecular weight excluding hydrogens is 354 g/mol. The van der Waals surface area contributed by atoms with E-state index in [9.17, 15) is 9.59 Å². The SMILES string of the molecule is NC(=O)c1[nH]nc2c1CCc1ccc(NC(=O)c3ccncc3Cl)cc1-2. The molecule has 0 bridgehead atoms. The monoisotopic (exact) mass is 367 g/mol. The fraction of sp³-hybridized carbons (Fsp3) is 0.111. The standard InChI is InChI=1S/C18H14ClN5O2/c19-14-8-21-6-5-11(14)18(26)22-10-3-1-9-2-4-12-15(13(9)7-10)23-24-16(12)17(20)25/h1,3,5-8H,2,4H2,(H2,20,25)(H,22,26)(H,23,24). The Morgan fingerprint density at radius 2 is 2.08 bits per heavy atom. The van der Waals surface area contributed by atoms with Gasteiger partial charge in [-0.15, -0.1) is 0 Å². The fourth-order valence-electron chi connectivity index (χ4n) is 3.15. The van der Waals surface area contributed by atoms with Crippen molar-refractivity contribution in [3.05, 3.63) is 64.1 Å². The van der Waals surface area contributed by atoms with Crippen molar-refractivity contribution in [1.29, 1.82) is 0 Å². The van der Waals surface area contributed by atoms with E-state index in [1.807, 2.05) is 18.2 Å². The van der Waals surface area contributed by atoms with Gasteiger partial charge in [-0.25, -0.2) is 0 Å². The molecule has 2 amide bonds. The number of nitrogens with zero attached hydrogens (tertiary/aromatic N) is 2. The maximum atomic E-state index is 12.4. The molecule has 0 unspecified atom stereocenters. The predicted molar refractivity (Wildman–Crippen MR) is 97.1 cm³/mol. The third-order valence-electron chi connectivity index (χ3n) is 4.40. The van der Waals surface area contributed by atoms with Gasteiger partial charge in [-0.05, 0) is 36.6 Å². The first-order chi connectivity index (χ1) is 12.5. The Morgan fingerprint density at radius 3 is 2.85 bits per heavy atom. The summed E-state index contributed by atoms with van der Waals surface area (Å²) in [5.74, 6) is -0.854. The number of hydrogen-bond donors (Lipinski definition) is 3. The molecule has 0 radical (unpaired) electrons. The number of fused-ring (bicyclic) bond motifs is 3. The third kappa shape index (κ3) is 2.72. The van der Waals surface area contributed by atoms with E-state index >= 15 is 0 Å². The Labute approximate surface area is 153 Å². The van der Waals surface area contributed by atoms with E-state index in [1.165, 1.54) is 12.4 Å². The zero-order valence-electron chi connectivity index (χ0n) is 13.5. The van der Waals surface area contributed by atoms with Crippen LogP contribution in [0.4, 0.5) is 5.69 Å². The number of benzene rings is 1. The number of aryl methyl sites for hydroxylation is 1. The van der Waals surface area contributed by atoms with Crippen molar-refractivity contribution in [2.24, 2.45) is 5.73 Å². The summed E-state index contributed by atoms with van der Waals surface area (Å²) in [5, 5.41) is 10.1. The van der Waals surface area contributed by atoms with Gasteiger partial charge in [-0.3, -0.25) is 19.7 Å². The molecule has 0 spiro atoms. The van der Waals surface area contributed by atoms with Gasteiger partial charge in [0.15, 0.2) is 0 Å². The van der Waals surface area contributed by atoms with Crippen LogP contribution in [0.15, 0.2) is 36.7 Å². The molecule has 1 aliphatic rings. The minimum atomic E-state index is -0.529. The second-order valence-corrected chi connectivity index (χ2v) is 6.38. The maximum Gasteiger partial charge on any atom is 0.267 e. The molecule has 0 atom stereocenters. The molecule has 8 heteroatoms. The fourth-order valence-corrected chi connectivity index (χ4v) is 3.35. The normalized spacial score (nSPS) is 12.2. The van der Waals surface area contributed by atoms with Crippen LogP contribution in [0.2, 0.25) is 5.02 Å². The van der Waals surface area contributed by atoms with Gasteiger partial charge in [0.05, 0.1) is 16.3 Å². The first-order valence-corrected chi connectivity index (χ1v) is 8.33. The zero-order chi connectivity index (χ0) is 18.3. The smallest absolute Gasteiger partial charge is 0.267 e. The summed E-state index contributed by atoms with van der Waals surface area (Å²) in [6.07, 6.45) is 4.39. The summed E-state index contributed by atoms with van der Waals surface area (Å²) < 4.78 is 0. The number of hydrogen-bond acceptors (Lipinski definition) is 4. The van der Waals surface area contributed by atoms with Crippen molar-refractivity contribution in [2.75, 3.05) is 5.32 Å². The number of H-pyrrole nitrogens is 1. The van der Waals surface area contributed by atoms with Gasteiger partial charge in [0.2, 0.25) is 0 Å². The Bertz CT molecular complexity index is 1040. The van der Waals surface area contributed by atoms with Crippen LogP contribution in [-0.4, -0.2) is 27.0 Å². The summed E-state index contributed by atoms with van der Waals surface area (Å²) in [7, 11) is 0. The molecule has 0 fully saturated rings. The van der Waals surface area contributed by atoms with Gasteiger partial charge in [0.25, 0.3) is 11.8 Å². The van der Waals surface area contributed by atoms with Gasteiger partial charge < -0.3 is 11.1 Å². The highest BCUT2D eigenvalue weighted by Gasteiger charge is 2.24. The number of aromatic amines is 1. The number of rotatable bonds is 3. The molecule has 3 aromatic rings. The van der Waals surface area contributed by atoms with Crippen molar-refractivity contribution in [2.45, 2.75) is 12.8 Å². The van der Waals surface area contributed by atoms with Crippen LogP contribution in [0, 0.1) is 0 Å². The first-order valence-electron chi connectivity index (χ1n) is 7.96. The zero-order valence-corrected chi connectivity index (χ0v) is 14.3. The molecule has 2 aromatic heterocycles. The van der Waals surface area contributed by atoms with Crippen LogP contribution in [0.1, 0.15) is 32.0 Å². The van der Waals surface area contributed by atoms with Gasteiger partial charge in [-0.1, -0.05) is 17.7 Å². The summed E-state index contributed by atoms with van der Waals surface area (Å²) in [4.78, 5) is 27.8. The molecule has 7 nitrogen and oxygen atoms in total. The number of halogens is 1. The molecule has 4 N–H and O–H groups in total. The summed E-state index contributed by atoms with van der Waals surface area (Å²) in [6, 6.07) is 7.17. The third-order valence-corrected chi connectivity index (χ3v) is 4.70. The van der Waals surface area contributed by atoms with Crippen LogP contribution in [0.25, 0.3) is 11.3 Å². The number of aromatic nitrogens is 3. The molecule has 2 heterocycles. The molecule has 4 rings (SSSR count). The Balaban J connectivity index is 1.68. The van der Waals surface area contributed by atoms with Crippen LogP contribution in [0.5, 0.6) is 0 Å². The van der Waals surface area contributed by atoms with Gasteiger partial charge in [-0.2, -0.15) is 5.10 Å². The van der Waals surface area contributed by atoms with Crippen molar-refractivity contribution in [1.82, 2.24) is 15.2 Å². The van der Waals surface area contributed by atoms with Crippen molar-refractivity contribution < 1.29 is 9.59 Å². The molecule has 130 valence electrons. The highest BCUT2D eigenvalue weighted by atomic mass is 35.5. The molecule has 1 aromatic carbocycles. The average Bonchev–Trinajstić information content (AvgIpc) is 3.07. The number of carbonyl (C=O) groups excluding carboxylic acids is 2. The quantitative estimate of drug-likeness (QED) is 0.660. The Kier molecular flexibility index (Phi) is 3.93. The molecule has 0 saturated carbocycles. The highest BCUT2D eigenvalue weighted by molar-refractivity contribution is 6.34. The highest BCUT2D eigenvalue weighted by Crippen LogP contribution is 2.35. The second-order valence-electron chi connectivity index (χ2n) is 5.97. The van der Waals surface area contributed by atoms with E-state index in [2.05, 4.69) is 20.5 Å². The van der Waals surface area contributed by atoms with E-state index in [0.717, 1.165) is 23.1 Å². The number of nitrogens with one attached hydrogen (secondary N) is 2. The molecule has 26 heavy (non-hydrogen) atoms. The predicted octanol–water partition coefficient (Wildman–Crippen LogP) is 2.57. The van der Waals surface area contributed by atoms with E-state index in [1.54, 1.807) is 6.07 Å². The molecule has 0 aliphatic heterocycles. The summed E-state index contributed by atoms with van der Waals surface area (Å²) >= 11 is 6.02. The largest absolute Gasteiger partial charge is 0.364 e. The number of amides is 2. The van der Waals surface area contributed by atoms with Gasteiger partial charge in [0.1, 0.15) is 5.69 Å². The summed E-state index contributed by atoms with van der Waals surface area (Å²) in [5.41, 5.74) is 10.2. The Hall–Kier alpha value is -3.19. The molecule has 0 saturated heterocycles. The van der Waals surface area contributed by atoms with Crippen molar-refractivity contribution in [3.63, 3.8) is 0 Å². The van der Waals surface area contributed by atoms with E-state index in [0.29, 0.717) is 29.1 Å². The van der Waals surface area contributed by atoms with Crippen molar-refractivity contribution in [3.8, 4) is 11.3 Å². The lowest BCUT2D eigenvalue weighted by molar-refractivity contribution is 0.0992. The van der Waals surface area contributed by atoms with E-state index in [4.69, 9.17) is 17.3 Å². The summed E-state index contributed by atoms with van der Waals surface area (Å²) in [6.45, 7) is 0. The van der Waals surface area contributed by atoms with Crippen molar-refractivity contribution >= 4 is 29.1 Å². The van der Waals surface area contributed by atoms with E-state index in [-0.39, 0.29) is 10.9 Å². The van der Waals surface area contributed by atoms with Gasteiger partial charge in [0, 0.05) is 29.2 Å². The number of nitrogens with two attached hydrogens (primary N) is 1. The average molecular weight is 368 g/mol. The topological polar surface area (TPSA) is 114 Å². The Morgan fingerprint density at radius 1 is 1.23 bits per heavy atom. The lowest BCUT2D eigenvalue weighted by Crippen LogP contribution is -2.16. The molecule has 1 aliphatic carbocycles. The second kappa shape index (κ2) is 6.27. The van der Waals surface area contributed by atoms with E-state index < -0.39 is 5.91 Å². The lowest BCUT2D eigenvalue weighted by Gasteiger charge is -2.17. The number of pyridine rings is 1. The number of anilines is 1. The van der Waals surface area contributed by atoms with Crippen LogP contribution >= 0.6 is 11.6 Å². The maximum absolute atomic E-state index is 12.4. The van der Waals surface area contributed by atoms with Crippen LogP contribution in [0.3, 0.4) is 0 Å². The van der Waals surface area contributed by atoms with Crippen LogP contribution in [-0.2, 0) is 12.8 Å². The van der Waals surface area contributed by atoms with Crippen LogP contribution < -0.4 is 11.1 Å².